The molecule has 4 nitrogen and oxygen atoms in total. The summed E-state index contributed by atoms with van der Waals surface area (Å²) in [4.78, 5) is 21.6. The number of amides is 1. The molecule has 0 saturated carbocycles. The van der Waals surface area contributed by atoms with Crippen LogP contribution in [0.5, 0.6) is 0 Å². The number of benzene rings is 1. The van der Waals surface area contributed by atoms with Crippen molar-refractivity contribution in [2.24, 2.45) is 5.41 Å². The summed E-state index contributed by atoms with van der Waals surface area (Å²) in [6.07, 6.45) is 3.06. The van der Waals surface area contributed by atoms with E-state index in [1.54, 1.807) is 23.5 Å². The lowest BCUT2D eigenvalue weighted by molar-refractivity contribution is -0.143. The van der Waals surface area contributed by atoms with Crippen molar-refractivity contribution in [3.8, 4) is 11.3 Å². The third-order valence-electron chi connectivity index (χ3n) is 5.43. The fraction of sp³-hybridized carbons (Fsp3) is 0.474. The normalized spacial score (nSPS) is 24.4. The van der Waals surface area contributed by atoms with Crippen LogP contribution in [0.15, 0.2) is 29.6 Å². The number of likely N-dealkylation sites (tertiary alicyclic amines) is 2. The first-order valence-electron chi connectivity index (χ1n) is 8.74. The molecule has 2 aliphatic heterocycles. The van der Waals surface area contributed by atoms with Crippen LogP contribution in [-0.2, 0) is 11.3 Å². The monoisotopic (exact) mass is 359 g/mol. The molecule has 2 saturated heterocycles. The van der Waals surface area contributed by atoms with Gasteiger partial charge in [-0.1, -0.05) is 0 Å². The fourth-order valence-electron chi connectivity index (χ4n) is 4.07. The van der Waals surface area contributed by atoms with Crippen molar-refractivity contribution in [1.82, 2.24) is 14.8 Å². The molecular formula is C19H22FN3OS. The number of halogens is 1. The molecule has 0 radical (unpaired) electrons. The maximum Gasteiger partial charge on any atom is 0.229 e. The van der Waals surface area contributed by atoms with Gasteiger partial charge in [0, 0.05) is 31.1 Å². The fourth-order valence-corrected chi connectivity index (χ4v) is 4.91. The average molecular weight is 359 g/mol. The van der Waals surface area contributed by atoms with Crippen LogP contribution in [0.4, 0.5) is 4.39 Å². The molecule has 1 aromatic carbocycles. The number of carbonyl (C=O) groups excluding carboxylic acids is 1. The Morgan fingerprint density at radius 3 is 2.84 bits per heavy atom. The molecule has 3 heterocycles. The van der Waals surface area contributed by atoms with Crippen LogP contribution in [0.1, 0.15) is 24.3 Å². The summed E-state index contributed by atoms with van der Waals surface area (Å²) in [7, 11) is 1.92. The van der Waals surface area contributed by atoms with E-state index in [9.17, 15) is 9.18 Å². The molecule has 25 heavy (non-hydrogen) atoms. The Kier molecular flexibility index (Phi) is 4.33. The van der Waals surface area contributed by atoms with Crippen molar-refractivity contribution in [2.45, 2.75) is 25.8 Å². The van der Waals surface area contributed by atoms with Gasteiger partial charge in [0.05, 0.1) is 17.7 Å². The maximum atomic E-state index is 13.1. The van der Waals surface area contributed by atoms with Crippen LogP contribution in [0.25, 0.3) is 11.3 Å². The van der Waals surface area contributed by atoms with Gasteiger partial charge in [0.15, 0.2) is 0 Å². The van der Waals surface area contributed by atoms with E-state index >= 15 is 0 Å². The summed E-state index contributed by atoms with van der Waals surface area (Å²) >= 11 is 1.63. The number of hydrogen-bond acceptors (Lipinski definition) is 4. The highest BCUT2D eigenvalue weighted by atomic mass is 32.1. The molecule has 0 unspecified atom stereocenters. The molecule has 0 aliphatic carbocycles. The van der Waals surface area contributed by atoms with E-state index in [0.717, 1.165) is 61.7 Å². The molecule has 1 amide bonds. The van der Waals surface area contributed by atoms with E-state index in [2.05, 4.69) is 4.90 Å². The molecule has 6 heteroatoms. The van der Waals surface area contributed by atoms with Gasteiger partial charge in [-0.05, 0) is 50.1 Å². The van der Waals surface area contributed by atoms with Gasteiger partial charge in [0.1, 0.15) is 10.8 Å². The summed E-state index contributed by atoms with van der Waals surface area (Å²) < 4.78 is 13.1. The second-order valence-electron chi connectivity index (χ2n) is 7.20. The molecule has 2 aromatic rings. The first-order valence-corrected chi connectivity index (χ1v) is 9.62. The molecule has 4 rings (SSSR count). The topological polar surface area (TPSA) is 36.4 Å². The van der Waals surface area contributed by atoms with Crippen molar-refractivity contribution < 1.29 is 9.18 Å². The number of piperidine rings is 1. The van der Waals surface area contributed by atoms with Gasteiger partial charge in [0.25, 0.3) is 0 Å². The Morgan fingerprint density at radius 2 is 2.04 bits per heavy atom. The first-order chi connectivity index (χ1) is 12.1. The molecule has 132 valence electrons. The van der Waals surface area contributed by atoms with E-state index in [1.165, 1.54) is 12.1 Å². The SMILES string of the molecule is CN1CCC[C@@]2(CCN(Cc3nc(-c4ccc(F)cc4)cs3)C2)C1=O. The van der Waals surface area contributed by atoms with Crippen molar-refractivity contribution in [2.75, 3.05) is 26.7 Å². The van der Waals surface area contributed by atoms with E-state index in [-0.39, 0.29) is 11.2 Å². The number of rotatable bonds is 3. The highest BCUT2D eigenvalue weighted by molar-refractivity contribution is 7.09. The Balaban J connectivity index is 1.44. The molecule has 0 N–H and O–H groups in total. The third kappa shape index (κ3) is 3.20. The lowest BCUT2D eigenvalue weighted by Crippen LogP contribution is -2.48. The van der Waals surface area contributed by atoms with Gasteiger partial charge in [-0.15, -0.1) is 11.3 Å². The summed E-state index contributed by atoms with van der Waals surface area (Å²) in [6, 6.07) is 6.44. The second kappa shape index (κ2) is 6.50. The van der Waals surface area contributed by atoms with Gasteiger partial charge < -0.3 is 4.90 Å². The van der Waals surface area contributed by atoms with Gasteiger partial charge in [-0.3, -0.25) is 9.69 Å². The third-order valence-corrected chi connectivity index (χ3v) is 6.27. The zero-order valence-electron chi connectivity index (χ0n) is 14.4. The molecule has 2 aliphatic rings. The summed E-state index contributed by atoms with van der Waals surface area (Å²) in [5.74, 6) is 0.0797. The van der Waals surface area contributed by atoms with Crippen molar-refractivity contribution in [3.63, 3.8) is 0 Å². The minimum absolute atomic E-state index is 0.177. The quantitative estimate of drug-likeness (QED) is 0.843. The van der Waals surface area contributed by atoms with Crippen molar-refractivity contribution in [1.29, 1.82) is 0 Å². The Bertz CT molecular complexity index is 775. The van der Waals surface area contributed by atoms with Crippen molar-refractivity contribution >= 4 is 17.2 Å². The van der Waals surface area contributed by atoms with E-state index in [1.807, 2.05) is 17.3 Å². The zero-order chi connectivity index (χ0) is 17.4. The minimum atomic E-state index is -0.233. The van der Waals surface area contributed by atoms with Gasteiger partial charge in [-0.25, -0.2) is 9.37 Å². The molecule has 1 atom stereocenters. The highest BCUT2D eigenvalue weighted by Gasteiger charge is 2.47. The standard InChI is InChI=1S/C19H22FN3OS/c1-22-9-2-7-19(18(22)24)8-10-23(13-19)11-17-21-16(12-25-17)14-3-5-15(20)6-4-14/h3-6,12H,2,7-11,13H2,1H3/t19-/m0/s1. The van der Waals surface area contributed by atoms with E-state index in [0.29, 0.717) is 5.91 Å². The van der Waals surface area contributed by atoms with Gasteiger partial charge in [-0.2, -0.15) is 0 Å². The van der Waals surface area contributed by atoms with E-state index in [4.69, 9.17) is 4.98 Å². The number of nitrogens with zero attached hydrogens (tertiary/aromatic N) is 3. The van der Waals surface area contributed by atoms with Crippen LogP contribution < -0.4 is 0 Å². The van der Waals surface area contributed by atoms with Gasteiger partial charge in [0.2, 0.25) is 5.91 Å². The molecule has 2 fully saturated rings. The van der Waals surface area contributed by atoms with Crippen LogP contribution >= 0.6 is 11.3 Å². The molecular weight excluding hydrogens is 337 g/mol. The van der Waals surface area contributed by atoms with Crippen LogP contribution in [0.3, 0.4) is 0 Å². The molecule has 1 aromatic heterocycles. The summed E-state index contributed by atoms with van der Waals surface area (Å²) in [6.45, 7) is 3.45. The number of aromatic nitrogens is 1. The largest absolute Gasteiger partial charge is 0.345 e. The summed E-state index contributed by atoms with van der Waals surface area (Å²) in [5.41, 5.74) is 1.65. The number of thiazole rings is 1. The number of hydrogen-bond donors (Lipinski definition) is 0. The van der Waals surface area contributed by atoms with Gasteiger partial charge >= 0.3 is 0 Å². The average Bonchev–Trinajstić information content (AvgIpc) is 3.22. The van der Waals surface area contributed by atoms with Crippen LogP contribution in [0, 0.1) is 11.2 Å². The van der Waals surface area contributed by atoms with Crippen LogP contribution in [0.2, 0.25) is 0 Å². The second-order valence-corrected chi connectivity index (χ2v) is 8.15. The maximum absolute atomic E-state index is 13.1. The van der Waals surface area contributed by atoms with Crippen LogP contribution in [-0.4, -0.2) is 47.4 Å². The van der Waals surface area contributed by atoms with E-state index < -0.39 is 0 Å². The zero-order valence-corrected chi connectivity index (χ0v) is 15.2. The smallest absolute Gasteiger partial charge is 0.229 e. The Labute approximate surface area is 151 Å². The lowest BCUT2D eigenvalue weighted by atomic mass is 9.78. The molecule has 0 bridgehead atoms. The first kappa shape index (κ1) is 16.7. The highest BCUT2D eigenvalue weighted by Crippen LogP contribution is 2.40. The Morgan fingerprint density at radius 1 is 1.24 bits per heavy atom. The molecule has 1 spiro atoms. The summed E-state index contributed by atoms with van der Waals surface area (Å²) in [5, 5.41) is 3.07. The Hall–Kier alpha value is -1.79. The van der Waals surface area contributed by atoms with Crippen molar-refractivity contribution in [3.05, 3.63) is 40.5 Å². The lowest BCUT2D eigenvalue weighted by Gasteiger charge is -2.37. The predicted octanol–water partition coefficient (Wildman–Crippen LogP) is 3.39. The predicted molar refractivity (Wildman–Crippen MR) is 96.7 cm³/mol. The number of carbonyl (C=O) groups is 1. The minimum Gasteiger partial charge on any atom is -0.345 e.